The maximum atomic E-state index is 11.7. The van der Waals surface area contributed by atoms with E-state index in [0.29, 0.717) is 36.5 Å². The van der Waals surface area contributed by atoms with Gasteiger partial charge in [0.15, 0.2) is 0 Å². The molecule has 0 saturated carbocycles. The summed E-state index contributed by atoms with van der Waals surface area (Å²) in [6.07, 6.45) is 2.79. The molecule has 20 heavy (non-hydrogen) atoms. The Labute approximate surface area is 122 Å². The molecule has 0 bridgehead atoms. The van der Waals surface area contributed by atoms with Crippen molar-refractivity contribution in [2.75, 3.05) is 0 Å². The van der Waals surface area contributed by atoms with Crippen LogP contribution in [0.3, 0.4) is 0 Å². The van der Waals surface area contributed by atoms with E-state index in [1.54, 1.807) is 22.6 Å². The van der Waals surface area contributed by atoms with E-state index in [2.05, 4.69) is 15.4 Å². The van der Waals surface area contributed by atoms with E-state index in [0.717, 1.165) is 0 Å². The summed E-state index contributed by atoms with van der Waals surface area (Å²) in [6, 6.07) is 0. The number of hydrogen-bond donors (Lipinski definition) is 0. The molecule has 9 heteroatoms. The molecule has 0 aromatic carbocycles. The van der Waals surface area contributed by atoms with E-state index in [9.17, 15) is 8.42 Å². The third-order valence-corrected chi connectivity index (χ3v) is 4.37. The summed E-state index contributed by atoms with van der Waals surface area (Å²) in [5, 5.41) is 12.2. The number of aryl methyl sites for hydroxylation is 2. The van der Waals surface area contributed by atoms with Crippen molar-refractivity contribution < 1.29 is 8.42 Å². The lowest BCUT2D eigenvalue weighted by Crippen LogP contribution is -2.07. The highest BCUT2D eigenvalue weighted by molar-refractivity contribution is 8.13. The number of nitrogens with zero attached hydrogens (tertiary/aromatic N) is 5. The normalized spacial score (nSPS) is 12.0. The standard InChI is InChI=1S/C11H16ClN5O2S/c1-4-9-11(20(12,18)19)10(5-2)17(14-9)7-8-6-16(3)15-13-8/h6H,4-5,7H2,1-3H3. The molecule has 0 aliphatic carbocycles. The van der Waals surface area contributed by atoms with Gasteiger partial charge in [-0.05, 0) is 12.8 Å². The second-order valence-electron chi connectivity index (χ2n) is 4.41. The Bertz CT molecular complexity index is 719. The van der Waals surface area contributed by atoms with Crippen LogP contribution in [0.5, 0.6) is 0 Å². The molecule has 2 heterocycles. The first-order valence-corrected chi connectivity index (χ1v) is 8.56. The van der Waals surface area contributed by atoms with Crippen molar-refractivity contribution in [3.05, 3.63) is 23.3 Å². The topological polar surface area (TPSA) is 82.7 Å². The van der Waals surface area contributed by atoms with Crippen molar-refractivity contribution in [2.45, 2.75) is 38.1 Å². The van der Waals surface area contributed by atoms with E-state index in [1.807, 2.05) is 13.8 Å². The van der Waals surface area contributed by atoms with E-state index < -0.39 is 9.05 Å². The van der Waals surface area contributed by atoms with E-state index >= 15 is 0 Å². The summed E-state index contributed by atoms with van der Waals surface area (Å²) in [5.74, 6) is 0. The average Bonchev–Trinajstić information content (AvgIpc) is 2.92. The predicted octanol–water partition coefficient (Wildman–Crippen LogP) is 1.11. The second kappa shape index (κ2) is 5.53. The van der Waals surface area contributed by atoms with Gasteiger partial charge in [-0.15, -0.1) is 5.10 Å². The van der Waals surface area contributed by atoms with Crippen molar-refractivity contribution in [2.24, 2.45) is 7.05 Å². The summed E-state index contributed by atoms with van der Waals surface area (Å²) in [4.78, 5) is 0.132. The van der Waals surface area contributed by atoms with Gasteiger partial charge in [0, 0.05) is 23.9 Å². The quantitative estimate of drug-likeness (QED) is 0.771. The summed E-state index contributed by atoms with van der Waals surface area (Å²) in [6.45, 7) is 4.09. The highest BCUT2D eigenvalue weighted by atomic mass is 35.7. The van der Waals surface area contributed by atoms with Gasteiger partial charge >= 0.3 is 0 Å². The first-order chi connectivity index (χ1) is 9.36. The van der Waals surface area contributed by atoms with Crippen LogP contribution >= 0.6 is 10.7 Å². The Balaban J connectivity index is 2.51. The van der Waals surface area contributed by atoms with E-state index in [4.69, 9.17) is 10.7 Å². The van der Waals surface area contributed by atoms with Gasteiger partial charge < -0.3 is 0 Å². The van der Waals surface area contributed by atoms with Crippen molar-refractivity contribution in [3.63, 3.8) is 0 Å². The van der Waals surface area contributed by atoms with Crippen LogP contribution in [0, 0.1) is 0 Å². The fraction of sp³-hybridized carbons (Fsp3) is 0.545. The van der Waals surface area contributed by atoms with Gasteiger partial charge in [-0.2, -0.15) is 5.10 Å². The minimum Gasteiger partial charge on any atom is -0.262 e. The van der Waals surface area contributed by atoms with Crippen molar-refractivity contribution in [1.29, 1.82) is 0 Å². The SMILES string of the molecule is CCc1nn(Cc2cn(C)nn2)c(CC)c1S(=O)(=O)Cl. The molecule has 2 aromatic rings. The smallest absolute Gasteiger partial charge is 0.262 e. The molecule has 0 spiro atoms. The fourth-order valence-electron chi connectivity index (χ4n) is 2.14. The van der Waals surface area contributed by atoms with Crippen molar-refractivity contribution in [1.82, 2.24) is 24.8 Å². The Hall–Kier alpha value is -1.41. The average molecular weight is 318 g/mol. The van der Waals surface area contributed by atoms with Crippen LogP contribution in [0.15, 0.2) is 11.1 Å². The molecule has 2 aromatic heterocycles. The summed E-state index contributed by atoms with van der Waals surface area (Å²) < 4.78 is 26.7. The summed E-state index contributed by atoms with van der Waals surface area (Å²) in [7, 11) is 3.50. The van der Waals surface area contributed by atoms with Crippen molar-refractivity contribution in [3.8, 4) is 0 Å². The first kappa shape index (κ1) is 15.0. The molecule has 0 saturated heterocycles. The molecule has 110 valence electrons. The van der Waals surface area contributed by atoms with Gasteiger partial charge in [0.1, 0.15) is 10.6 Å². The van der Waals surface area contributed by atoms with Crippen molar-refractivity contribution >= 4 is 19.7 Å². The maximum Gasteiger partial charge on any atom is 0.264 e. The summed E-state index contributed by atoms with van der Waals surface area (Å²) in [5.41, 5.74) is 1.80. The van der Waals surface area contributed by atoms with E-state index in [1.165, 1.54) is 0 Å². The van der Waals surface area contributed by atoms with Gasteiger partial charge in [0.2, 0.25) is 0 Å². The molecule has 2 rings (SSSR count). The molecule has 0 fully saturated rings. The zero-order valence-electron chi connectivity index (χ0n) is 11.5. The van der Waals surface area contributed by atoms with Crippen LogP contribution in [-0.4, -0.2) is 33.2 Å². The highest BCUT2D eigenvalue weighted by Gasteiger charge is 2.25. The Morgan fingerprint density at radius 1 is 1.30 bits per heavy atom. The molecule has 0 N–H and O–H groups in total. The lowest BCUT2D eigenvalue weighted by molar-refractivity contribution is 0.604. The molecule has 0 aliphatic heterocycles. The monoisotopic (exact) mass is 317 g/mol. The largest absolute Gasteiger partial charge is 0.264 e. The third kappa shape index (κ3) is 2.85. The van der Waals surface area contributed by atoms with Crippen LogP contribution in [0.1, 0.15) is 30.9 Å². The minimum absolute atomic E-state index is 0.132. The van der Waals surface area contributed by atoms with E-state index in [-0.39, 0.29) is 4.90 Å². The highest BCUT2D eigenvalue weighted by Crippen LogP contribution is 2.25. The van der Waals surface area contributed by atoms with Gasteiger partial charge in [0.05, 0.1) is 17.9 Å². The number of halogens is 1. The van der Waals surface area contributed by atoms with Gasteiger partial charge in [0.25, 0.3) is 9.05 Å². The molecular formula is C11H16ClN5O2S. The Morgan fingerprint density at radius 3 is 2.45 bits per heavy atom. The molecule has 0 unspecified atom stereocenters. The van der Waals surface area contributed by atoms with Crippen LogP contribution in [0.2, 0.25) is 0 Å². The zero-order chi connectivity index (χ0) is 14.9. The summed E-state index contributed by atoms with van der Waals surface area (Å²) >= 11 is 0. The van der Waals surface area contributed by atoms with Crippen LogP contribution in [-0.2, 0) is 35.5 Å². The molecule has 0 amide bonds. The van der Waals surface area contributed by atoms with Gasteiger partial charge in [-0.3, -0.25) is 9.36 Å². The molecular weight excluding hydrogens is 302 g/mol. The molecule has 7 nitrogen and oxygen atoms in total. The van der Waals surface area contributed by atoms with Crippen LogP contribution < -0.4 is 0 Å². The Kier molecular flexibility index (Phi) is 4.14. The Morgan fingerprint density at radius 2 is 2.00 bits per heavy atom. The minimum atomic E-state index is -3.81. The number of rotatable bonds is 5. The van der Waals surface area contributed by atoms with Crippen LogP contribution in [0.25, 0.3) is 0 Å². The number of aromatic nitrogens is 5. The first-order valence-electron chi connectivity index (χ1n) is 6.25. The third-order valence-electron chi connectivity index (χ3n) is 2.95. The zero-order valence-corrected chi connectivity index (χ0v) is 13.1. The predicted molar refractivity (Wildman–Crippen MR) is 74.1 cm³/mol. The lowest BCUT2D eigenvalue weighted by Gasteiger charge is -2.04. The lowest BCUT2D eigenvalue weighted by atomic mass is 10.2. The molecule has 0 atom stereocenters. The van der Waals surface area contributed by atoms with Crippen LogP contribution in [0.4, 0.5) is 0 Å². The number of hydrogen-bond acceptors (Lipinski definition) is 5. The second-order valence-corrected chi connectivity index (χ2v) is 6.91. The maximum absolute atomic E-state index is 11.7. The van der Waals surface area contributed by atoms with Gasteiger partial charge in [-0.25, -0.2) is 8.42 Å². The van der Waals surface area contributed by atoms with Gasteiger partial charge in [-0.1, -0.05) is 19.1 Å². The molecule has 0 aliphatic rings. The molecule has 0 radical (unpaired) electrons. The fourth-order valence-corrected chi connectivity index (χ4v) is 3.68.